The topological polar surface area (TPSA) is 108 Å². The molecule has 0 bridgehead atoms. The molecule has 1 aromatic heterocycles. The molecule has 1 fully saturated rings. The number of ether oxygens (including phenoxy) is 1. The number of para-hydroxylation sites is 1. The first-order valence-electron chi connectivity index (χ1n) is 10.1. The molecule has 7 heteroatoms. The molecule has 30 heavy (non-hydrogen) atoms. The Morgan fingerprint density at radius 3 is 2.70 bits per heavy atom. The molecule has 0 spiro atoms. The second-order valence-corrected chi connectivity index (χ2v) is 7.45. The van der Waals surface area contributed by atoms with Crippen LogP contribution in [0.2, 0.25) is 0 Å². The molecule has 1 heterocycles. The van der Waals surface area contributed by atoms with E-state index in [1.807, 2.05) is 35.0 Å². The van der Waals surface area contributed by atoms with E-state index in [2.05, 4.69) is 17.5 Å². The van der Waals surface area contributed by atoms with Gasteiger partial charge in [-0.2, -0.15) is 10.5 Å². The van der Waals surface area contributed by atoms with Crippen molar-refractivity contribution < 1.29 is 14.3 Å². The van der Waals surface area contributed by atoms with Crippen molar-refractivity contribution in [3.63, 3.8) is 0 Å². The lowest BCUT2D eigenvalue weighted by molar-refractivity contribution is -0.144. The minimum Gasteiger partial charge on any atom is -0.452 e. The zero-order valence-electron chi connectivity index (χ0n) is 16.8. The molecule has 154 valence electrons. The van der Waals surface area contributed by atoms with E-state index in [1.54, 1.807) is 6.08 Å². The molecular weight excluding hydrogens is 380 g/mol. The first-order valence-corrected chi connectivity index (χ1v) is 10.1. The maximum absolute atomic E-state index is 12.1. The number of rotatable bonds is 7. The van der Waals surface area contributed by atoms with Crippen LogP contribution in [0, 0.1) is 22.7 Å². The lowest BCUT2D eigenvalue weighted by atomic mass is 9.83. The van der Waals surface area contributed by atoms with Crippen LogP contribution in [-0.2, 0) is 20.9 Å². The number of aromatic nitrogens is 1. The van der Waals surface area contributed by atoms with Crippen LogP contribution >= 0.6 is 0 Å². The number of hydrogen-bond acceptors (Lipinski definition) is 5. The number of carbonyl (C=O) groups is 2. The highest BCUT2D eigenvalue weighted by Gasteiger charge is 2.33. The molecule has 0 aliphatic heterocycles. The van der Waals surface area contributed by atoms with Crippen molar-refractivity contribution in [2.75, 3.05) is 6.61 Å². The predicted octanol–water partition coefficient (Wildman–Crippen LogP) is 3.45. The number of nitriles is 2. The van der Waals surface area contributed by atoms with E-state index in [4.69, 9.17) is 10.00 Å². The van der Waals surface area contributed by atoms with Gasteiger partial charge in [0.2, 0.25) is 0 Å². The maximum Gasteiger partial charge on any atom is 0.331 e. The molecule has 1 amide bonds. The Morgan fingerprint density at radius 1 is 1.20 bits per heavy atom. The molecule has 1 aliphatic rings. The molecule has 1 aromatic carbocycles. The number of hydrogen-bond donors (Lipinski definition) is 1. The van der Waals surface area contributed by atoms with Crippen molar-refractivity contribution in [3.8, 4) is 12.1 Å². The van der Waals surface area contributed by atoms with Crippen molar-refractivity contribution in [3.05, 3.63) is 42.1 Å². The predicted molar refractivity (Wildman–Crippen MR) is 112 cm³/mol. The van der Waals surface area contributed by atoms with Gasteiger partial charge in [0.1, 0.15) is 5.54 Å². The summed E-state index contributed by atoms with van der Waals surface area (Å²) in [6.07, 6.45) is 9.32. The normalized spacial score (nSPS) is 15.4. The van der Waals surface area contributed by atoms with Gasteiger partial charge in [-0.3, -0.25) is 4.79 Å². The molecule has 0 unspecified atom stereocenters. The van der Waals surface area contributed by atoms with Crippen molar-refractivity contribution in [2.45, 2.75) is 50.6 Å². The summed E-state index contributed by atoms with van der Waals surface area (Å²) in [5.74, 6) is -1.10. The Morgan fingerprint density at radius 2 is 1.97 bits per heavy atom. The van der Waals surface area contributed by atoms with Crippen LogP contribution in [0.15, 0.2) is 36.5 Å². The van der Waals surface area contributed by atoms with Crippen LogP contribution in [0.3, 0.4) is 0 Å². The Balaban J connectivity index is 1.59. The van der Waals surface area contributed by atoms with Crippen LogP contribution in [0.1, 0.15) is 44.1 Å². The van der Waals surface area contributed by atoms with E-state index < -0.39 is 24.0 Å². The van der Waals surface area contributed by atoms with Gasteiger partial charge in [-0.15, -0.1) is 0 Å². The Labute approximate surface area is 175 Å². The molecule has 1 saturated carbocycles. The van der Waals surface area contributed by atoms with Crippen LogP contribution in [0.25, 0.3) is 17.0 Å². The van der Waals surface area contributed by atoms with Crippen molar-refractivity contribution in [1.82, 2.24) is 9.88 Å². The average molecular weight is 404 g/mol. The van der Waals surface area contributed by atoms with Crippen molar-refractivity contribution >= 4 is 28.9 Å². The summed E-state index contributed by atoms with van der Waals surface area (Å²) in [4.78, 5) is 24.2. The largest absolute Gasteiger partial charge is 0.452 e. The molecule has 0 radical (unpaired) electrons. The number of nitrogens with one attached hydrogen (secondary N) is 1. The van der Waals surface area contributed by atoms with E-state index in [-0.39, 0.29) is 0 Å². The highest BCUT2D eigenvalue weighted by atomic mass is 16.5. The molecule has 1 aliphatic carbocycles. The molecule has 2 aromatic rings. The Hall–Kier alpha value is -3.58. The van der Waals surface area contributed by atoms with Gasteiger partial charge in [0.15, 0.2) is 6.61 Å². The third-order valence-corrected chi connectivity index (χ3v) is 5.33. The summed E-state index contributed by atoms with van der Waals surface area (Å²) >= 11 is 0. The van der Waals surface area contributed by atoms with Gasteiger partial charge in [-0.25, -0.2) is 4.79 Å². The minimum atomic E-state index is -0.844. The van der Waals surface area contributed by atoms with Gasteiger partial charge < -0.3 is 14.6 Å². The number of benzene rings is 1. The average Bonchev–Trinajstić information content (AvgIpc) is 3.13. The summed E-state index contributed by atoms with van der Waals surface area (Å²) in [5, 5.41) is 21.9. The first kappa shape index (κ1) is 21.1. The highest BCUT2D eigenvalue weighted by molar-refractivity contribution is 5.95. The fraction of sp³-hybridized carbons (Fsp3) is 0.391. The number of nitrogens with zero attached hydrogens (tertiary/aromatic N) is 3. The number of carbonyl (C=O) groups excluding carboxylic acids is 2. The highest BCUT2D eigenvalue weighted by Crippen LogP contribution is 2.27. The molecule has 7 nitrogen and oxygen atoms in total. The van der Waals surface area contributed by atoms with E-state index in [9.17, 15) is 14.9 Å². The smallest absolute Gasteiger partial charge is 0.331 e. The van der Waals surface area contributed by atoms with Crippen LogP contribution in [0.5, 0.6) is 0 Å². The molecule has 0 saturated heterocycles. The van der Waals surface area contributed by atoms with E-state index in [1.165, 1.54) is 6.08 Å². The van der Waals surface area contributed by atoms with Gasteiger partial charge in [0, 0.05) is 35.3 Å². The second kappa shape index (κ2) is 9.76. The summed E-state index contributed by atoms with van der Waals surface area (Å²) in [7, 11) is 0. The van der Waals surface area contributed by atoms with Crippen molar-refractivity contribution in [2.24, 2.45) is 0 Å². The maximum atomic E-state index is 12.1. The summed E-state index contributed by atoms with van der Waals surface area (Å²) < 4.78 is 7.02. The number of amides is 1. The molecule has 0 atom stereocenters. The van der Waals surface area contributed by atoms with Crippen LogP contribution in [-0.4, -0.2) is 28.6 Å². The number of esters is 1. The van der Waals surface area contributed by atoms with Crippen LogP contribution < -0.4 is 5.32 Å². The van der Waals surface area contributed by atoms with Gasteiger partial charge >= 0.3 is 5.97 Å². The SMILES string of the molecule is N#CCCn1cc(/C=C/C(=O)OCC(=O)NC2(C#N)CCCCC2)c2ccccc21. The third-order valence-electron chi connectivity index (χ3n) is 5.33. The summed E-state index contributed by atoms with van der Waals surface area (Å²) in [6.45, 7) is 0.145. The van der Waals surface area contributed by atoms with Gasteiger partial charge in [-0.05, 0) is 25.0 Å². The van der Waals surface area contributed by atoms with E-state index in [0.717, 1.165) is 35.7 Å². The summed E-state index contributed by atoms with van der Waals surface area (Å²) in [6, 6.07) is 12.1. The van der Waals surface area contributed by atoms with E-state index in [0.29, 0.717) is 25.8 Å². The lowest BCUT2D eigenvalue weighted by Crippen LogP contribution is -2.49. The standard InChI is InChI=1S/C23H24N4O3/c24-13-6-14-27-15-18(19-7-2-3-8-20(19)27)9-10-22(29)30-16-21(28)26-23(17-25)11-4-1-5-12-23/h2-3,7-10,15H,1,4-6,11-12,14,16H2,(H,26,28)/b10-9+. The van der Waals surface area contributed by atoms with E-state index >= 15 is 0 Å². The monoisotopic (exact) mass is 404 g/mol. The molecule has 3 rings (SSSR count). The van der Waals surface area contributed by atoms with Crippen LogP contribution in [0.4, 0.5) is 0 Å². The number of aryl methyl sites for hydroxylation is 1. The summed E-state index contributed by atoms with van der Waals surface area (Å²) in [5.41, 5.74) is 0.966. The fourth-order valence-electron chi connectivity index (χ4n) is 3.83. The zero-order valence-corrected chi connectivity index (χ0v) is 16.8. The quantitative estimate of drug-likeness (QED) is 0.562. The second-order valence-electron chi connectivity index (χ2n) is 7.45. The van der Waals surface area contributed by atoms with Gasteiger partial charge in [0.05, 0.1) is 18.6 Å². The lowest BCUT2D eigenvalue weighted by Gasteiger charge is -2.31. The molecular formula is C23H24N4O3. The van der Waals surface area contributed by atoms with Gasteiger partial charge in [-0.1, -0.05) is 37.5 Å². The Kier molecular flexibility index (Phi) is 6.87. The number of fused-ring (bicyclic) bond motifs is 1. The fourth-order valence-corrected chi connectivity index (χ4v) is 3.83. The zero-order chi connectivity index (χ0) is 21.4. The Bertz CT molecular complexity index is 1030. The first-order chi connectivity index (χ1) is 14.6. The van der Waals surface area contributed by atoms with Gasteiger partial charge in [0.25, 0.3) is 5.91 Å². The third kappa shape index (κ3) is 5.07. The minimum absolute atomic E-state index is 0.392. The molecule has 1 N–H and O–H groups in total. The van der Waals surface area contributed by atoms with Crippen molar-refractivity contribution in [1.29, 1.82) is 10.5 Å².